The first-order valence-electron chi connectivity index (χ1n) is 12.4. The van der Waals surface area contributed by atoms with Crippen LogP contribution in [0.15, 0.2) is 84.9 Å². The second-order valence-electron chi connectivity index (χ2n) is 8.61. The SMILES string of the molecule is CCCCCCCCCCCCc1cccc(N(c2ccccc2)c2ccccc2)c1. The number of aryl methyl sites for hydroxylation is 1. The van der Waals surface area contributed by atoms with Gasteiger partial charge in [0.1, 0.15) is 0 Å². The number of unbranched alkanes of at least 4 members (excludes halogenated alkanes) is 9. The van der Waals surface area contributed by atoms with Gasteiger partial charge in [0.05, 0.1) is 0 Å². The smallest absolute Gasteiger partial charge is 0.0464 e. The number of nitrogens with zero attached hydrogens (tertiary/aromatic N) is 1. The number of rotatable bonds is 14. The minimum atomic E-state index is 1.17. The molecule has 0 N–H and O–H groups in total. The van der Waals surface area contributed by atoms with E-state index in [0.717, 1.165) is 0 Å². The summed E-state index contributed by atoms with van der Waals surface area (Å²) < 4.78 is 0. The summed E-state index contributed by atoms with van der Waals surface area (Å²) in [5.41, 5.74) is 5.07. The van der Waals surface area contributed by atoms with Gasteiger partial charge in [-0.1, -0.05) is 113 Å². The van der Waals surface area contributed by atoms with Gasteiger partial charge in [0, 0.05) is 17.1 Å². The Balaban J connectivity index is 1.53. The number of para-hydroxylation sites is 2. The molecule has 0 fully saturated rings. The molecule has 0 aliphatic rings. The minimum absolute atomic E-state index is 1.17. The monoisotopic (exact) mass is 413 g/mol. The average Bonchev–Trinajstić information content (AvgIpc) is 2.82. The molecule has 0 atom stereocenters. The number of hydrogen-bond acceptors (Lipinski definition) is 1. The molecule has 164 valence electrons. The molecule has 0 saturated heterocycles. The van der Waals surface area contributed by atoms with Crippen molar-refractivity contribution >= 4 is 17.1 Å². The third-order valence-corrected chi connectivity index (χ3v) is 6.02. The van der Waals surface area contributed by atoms with Gasteiger partial charge >= 0.3 is 0 Å². The molecule has 0 aliphatic carbocycles. The lowest BCUT2D eigenvalue weighted by molar-refractivity contribution is 0.556. The van der Waals surface area contributed by atoms with Gasteiger partial charge in [0.15, 0.2) is 0 Å². The molecule has 0 radical (unpaired) electrons. The van der Waals surface area contributed by atoms with Gasteiger partial charge in [-0.05, 0) is 54.8 Å². The quantitative estimate of drug-likeness (QED) is 0.238. The highest BCUT2D eigenvalue weighted by Gasteiger charge is 2.12. The van der Waals surface area contributed by atoms with Crippen molar-refractivity contribution in [3.63, 3.8) is 0 Å². The summed E-state index contributed by atoms with van der Waals surface area (Å²) in [5, 5.41) is 0. The van der Waals surface area contributed by atoms with Crippen LogP contribution in [0.4, 0.5) is 17.1 Å². The zero-order valence-electron chi connectivity index (χ0n) is 19.3. The predicted octanol–water partition coefficient (Wildman–Crippen LogP) is 9.62. The van der Waals surface area contributed by atoms with Crippen molar-refractivity contribution in [1.29, 1.82) is 0 Å². The lowest BCUT2D eigenvalue weighted by Crippen LogP contribution is -2.09. The minimum Gasteiger partial charge on any atom is -0.310 e. The Kier molecular flexibility index (Phi) is 10.2. The molecule has 0 heterocycles. The third-order valence-electron chi connectivity index (χ3n) is 6.02. The molecule has 3 aromatic carbocycles. The van der Waals surface area contributed by atoms with Crippen LogP contribution in [0.1, 0.15) is 76.7 Å². The van der Waals surface area contributed by atoms with Crippen LogP contribution in [0, 0.1) is 0 Å². The Morgan fingerprint density at radius 1 is 0.484 bits per heavy atom. The van der Waals surface area contributed by atoms with Crippen molar-refractivity contribution in [2.45, 2.75) is 77.6 Å². The van der Waals surface area contributed by atoms with E-state index >= 15 is 0 Å². The summed E-state index contributed by atoms with van der Waals surface area (Å²) in [6.07, 6.45) is 15.0. The maximum atomic E-state index is 2.37. The van der Waals surface area contributed by atoms with E-state index in [1.807, 2.05) is 0 Å². The Labute approximate surface area is 190 Å². The van der Waals surface area contributed by atoms with Crippen molar-refractivity contribution in [2.24, 2.45) is 0 Å². The molecule has 0 saturated carbocycles. The molecule has 0 bridgehead atoms. The lowest BCUT2D eigenvalue weighted by atomic mass is 10.0. The predicted molar refractivity (Wildman–Crippen MR) is 137 cm³/mol. The van der Waals surface area contributed by atoms with Gasteiger partial charge in [0.25, 0.3) is 0 Å². The topological polar surface area (TPSA) is 3.24 Å². The number of benzene rings is 3. The second-order valence-corrected chi connectivity index (χ2v) is 8.61. The zero-order valence-corrected chi connectivity index (χ0v) is 19.3. The van der Waals surface area contributed by atoms with E-state index in [1.165, 1.54) is 93.3 Å². The highest BCUT2D eigenvalue weighted by molar-refractivity contribution is 5.76. The fourth-order valence-corrected chi connectivity index (χ4v) is 4.27. The summed E-state index contributed by atoms with van der Waals surface area (Å²) in [6, 6.07) is 30.4. The molecular formula is C30H39N. The molecule has 0 unspecified atom stereocenters. The third kappa shape index (κ3) is 7.90. The van der Waals surface area contributed by atoms with E-state index in [0.29, 0.717) is 0 Å². The van der Waals surface area contributed by atoms with Crippen LogP contribution in [0.25, 0.3) is 0 Å². The standard InChI is InChI=1S/C30H39N/c1-2-3-4-5-6-7-8-9-10-13-19-27-20-18-25-30(26-27)31(28-21-14-11-15-22-28)29-23-16-12-17-24-29/h11-12,14-18,20-26H,2-10,13,19H2,1H3. The molecule has 1 heteroatoms. The maximum absolute atomic E-state index is 2.37. The Morgan fingerprint density at radius 3 is 1.52 bits per heavy atom. The van der Waals surface area contributed by atoms with Crippen LogP contribution >= 0.6 is 0 Å². The summed E-state index contributed by atoms with van der Waals surface area (Å²) in [7, 11) is 0. The molecule has 0 aromatic heterocycles. The average molecular weight is 414 g/mol. The molecule has 3 aromatic rings. The number of hydrogen-bond donors (Lipinski definition) is 0. The van der Waals surface area contributed by atoms with Crippen molar-refractivity contribution < 1.29 is 0 Å². The molecule has 0 aliphatic heterocycles. The van der Waals surface area contributed by atoms with Crippen LogP contribution in [-0.2, 0) is 6.42 Å². The van der Waals surface area contributed by atoms with Gasteiger partial charge in [-0.2, -0.15) is 0 Å². The van der Waals surface area contributed by atoms with Crippen LogP contribution in [0.2, 0.25) is 0 Å². The largest absolute Gasteiger partial charge is 0.310 e. The molecule has 3 rings (SSSR count). The van der Waals surface area contributed by atoms with E-state index in [-0.39, 0.29) is 0 Å². The maximum Gasteiger partial charge on any atom is 0.0464 e. The summed E-state index contributed by atoms with van der Waals surface area (Å²) in [4.78, 5) is 2.35. The van der Waals surface area contributed by atoms with Crippen molar-refractivity contribution in [3.8, 4) is 0 Å². The summed E-state index contributed by atoms with van der Waals surface area (Å²) in [6.45, 7) is 2.29. The van der Waals surface area contributed by atoms with Gasteiger partial charge in [0.2, 0.25) is 0 Å². The Bertz CT molecular complexity index is 801. The molecule has 0 spiro atoms. The van der Waals surface area contributed by atoms with Crippen molar-refractivity contribution in [1.82, 2.24) is 0 Å². The molecule has 0 amide bonds. The second kappa shape index (κ2) is 13.7. The summed E-state index contributed by atoms with van der Waals surface area (Å²) in [5.74, 6) is 0. The summed E-state index contributed by atoms with van der Waals surface area (Å²) >= 11 is 0. The van der Waals surface area contributed by atoms with Crippen LogP contribution in [0.5, 0.6) is 0 Å². The first-order valence-corrected chi connectivity index (χ1v) is 12.4. The van der Waals surface area contributed by atoms with E-state index in [4.69, 9.17) is 0 Å². The lowest BCUT2D eigenvalue weighted by Gasteiger charge is -2.25. The van der Waals surface area contributed by atoms with E-state index in [2.05, 4.69) is 96.8 Å². The highest BCUT2D eigenvalue weighted by atomic mass is 15.1. The van der Waals surface area contributed by atoms with Crippen molar-refractivity contribution in [3.05, 3.63) is 90.5 Å². The van der Waals surface area contributed by atoms with Crippen molar-refractivity contribution in [2.75, 3.05) is 4.90 Å². The fraction of sp³-hybridized carbons (Fsp3) is 0.400. The van der Waals surface area contributed by atoms with Gasteiger partial charge < -0.3 is 4.90 Å². The Morgan fingerprint density at radius 2 is 0.968 bits per heavy atom. The van der Waals surface area contributed by atoms with Crippen LogP contribution in [-0.4, -0.2) is 0 Å². The zero-order chi connectivity index (χ0) is 21.6. The van der Waals surface area contributed by atoms with E-state index < -0.39 is 0 Å². The van der Waals surface area contributed by atoms with Gasteiger partial charge in [-0.15, -0.1) is 0 Å². The first-order chi connectivity index (χ1) is 15.4. The van der Waals surface area contributed by atoms with Crippen LogP contribution < -0.4 is 4.90 Å². The van der Waals surface area contributed by atoms with Gasteiger partial charge in [-0.25, -0.2) is 0 Å². The number of anilines is 3. The molecule has 31 heavy (non-hydrogen) atoms. The fourth-order valence-electron chi connectivity index (χ4n) is 4.27. The van der Waals surface area contributed by atoms with E-state index in [1.54, 1.807) is 0 Å². The van der Waals surface area contributed by atoms with E-state index in [9.17, 15) is 0 Å². The first kappa shape index (κ1) is 23.1. The van der Waals surface area contributed by atoms with Crippen LogP contribution in [0.3, 0.4) is 0 Å². The normalized spacial score (nSPS) is 10.9. The molecular weight excluding hydrogens is 374 g/mol. The highest BCUT2D eigenvalue weighted by Crippen LogP contribution is 2.34. The Hall–Kier alpha value is -2.54. The van der Waals surface area contributed by atoms with Gasteiger partial charge in [-0.3, -0.25) is 0 Å². The molecule has 1 nitrogen and oxygen atoms in total.